The molecule has 4 heterocycles. The van der Waals surface area contributed by atoms with E-state index in [0.29, 0.717) is 0 Å². The van der Waals surface area contributed by atoms with Crippen LogP contribution in [0.15, 0.2) is 18.2 Å². The Morgan fingerprint density at radius 2 is 1.71 bits per heavy atom. The average Bonchev–Trinajstić information content (AvgIpc) is 3.34. The van der Waals surface area contributed by atoms with E-state index in [0.717, 1.165) is 9.80 Å². The summed E-state index contributed by atoms with van der Waals surface area (Å²) in [5, 5.41) is 10.2. The number of nitrogens with zero attached hydrogens (tertiary/aromatic N) is 3. The normalized spacial score (nSPS) is 24.6. The summed E-state index contributed by atoms with van der Waals surface area (Å²) in [5.74, 6) is -6.82. The van der Waals surface area contributed by atoms with Crippen molar-refractivity contribution in [3.05, 3.63) is 29.3 Å². The zero-order valence-corrected chi connectivity index (χ0v) is 27.7. The summed E-state index contributed by atoms with van der Waals surface area (Å²) in [6.45, 7) is 1.11. The van der Waals surface area contributed by atoms with Crippen LogP contribution in [-0.2, 0) is 33.5 Å². The Hall–Kier alpha value is -5.47. The minimum atomic E-state index is -1.14. The third kappa shape index (κ3) is 7.66. The number of fused-ring (bicyclic) bond motifs is 2. The number of imide groups is 3. The Labute approximate surface area is 290 Å². The number of amides is 10. The number of carbonyl (C=O) groups excluding carboxylic acids is 9. The number of ether oxygens (including phenoxy) is 2. The van der Waals surface area contributed by atoms with Crippen molar-refractivity contribution in [1.29, 1.82) is 0 Å². The average molecular weight is 714 g/mol. The van der Waals surface area contributed by atoms with Crippen LogP contribution in [0, 0.1) is 11.8 Å². The van der Waals surface area contributed by atoms with E-state index in [1.807, 2.05) is 0 Å². The van der Waals surface area contributed by atoms with Gasteiger partial charge in [-0.3, -0.25) is 58.8 Å². The summed E-state index contributed by atoms with van der Waals surface area (Å²) in [6, 6.07) is 2.48. The number of piperidine rings is 2. The van der Waals surface area contributed by atoms with Gasteiger partial charge in [0, 0.05) is 26.1 Å². The van der Waals surface area contributed by atoms with Crippen LogP contribution >= 0.6 is 0 Å². The van der Waals surface area contributed by atoms with Gasteiger partial charge in [0.2, 0.25) is 29.5 Å². The summed E-state index contributed by atoms with van der Waals surface area (Å²) in [5.41, 5.74) is 11.4. The molecule has 0 aliphatic carbocycles. The fourth-order valence-corrected chi connectivity index (χ4v) is 6.49. The van der Waals surface area contributed by atoms with Gasteiger partial charge in [-0.2, -0.15) is 0 Å². The van der Waals surface area contributed by atoms with Crippen LogP contribution in [0.3, 0.4) is 0 Å². The second kappa shape index (κ2) is 15.6. The topological polar surface area (TPSA) is 282 Å². The molecule has 0 saturated carbocycles. The molecule has 274 valence electrons. The molecular formula is C31H39N9O11. The predicted molar refractivity (Wildman–Crippen MR) is 171 cm³/mol. The van der Waals surface area contributed by atoms with Crippen molar-refractivity contribution >= 4 is 53.3 Å². The van der Waals surface area contributed by atoms with Crippen molar-refractivity contribution in [2.24, 2.45) is 23.3 Å². The minimum Gasteiger partial charge on any atom is -0.483 e. The number of urea groups is 1. The molecule has 1 aromatic rings. The highest BCUT2D eigenvalue weighted by molar-refractivity contribution is 6.24. The number of benzene rings is 1. The summed E-state index contributed by atoms with van der Waals surface area (Å²) >= 11 is 0. The van der Waals surface area contributed by atoms with Crippen molar-refractivity contribution in [1.82, 2.24) is 36.0 Å². The third-order valence-corrected chi connectivity index (χ3v) is 9.01. The van der Waals surface area contributed by atoms with Gasteiger partial charge in [0.25, 0.3) is 17.7 Å². The van der Waals surface area contributed by atoms with Gasteiger partial charge < -0.3 is 36.5 Å². The number of nitrogens with one attached hydrogen (secondary N) is 4. The molecule has 4 aliphatic heterocycles. The van der Waals surface area contributed by atoms with E-state index in [9.17, 15) is 43.2 Å². The lowest BCUT2D eigenvalue weighted by Gasteiger charge is -2.49. The number of nitrogens with two attached hydrogens (primary N) is 2. The molecule has 5 unspecified atom stereocenters. The standard InChI is InChI=1S/C31H39N9O11/c1-2-38-26-17(12-16(25(33)44)24(32)37-26)28(46)39(31(38)49)13-21(42)34-8-10-50-11-9-35-22(43)14-51-19-5-3-4-15-23(19)30(48)40(29(15)47)18-6-7-20(41)36-27(18)45/h3-5,16-18,24,26,37H,2,6-14,32H2,1H3,(H2,33,44)(H,34,42)(H,35,43)(H,36,41,45). The fourth-order valence-electron chi connectivity index (χ4n) is 6.49. The molecule has 5 rings (SSSR count). The molecule has 10 amide bonds. The van der Waals surface area contributed by atoms with E-state index in [4.69, 9.17) is 20.9 Å². The Morgan fingerprint density at radius 1 is 1.00 bits per heavy atom. The first-order valence-corrected chi connectivity index (χ1v) is 16.3. The van der Waals surface area contributed by atoms with Crippen LogP contribution in [0.5, 0.6) is 5.75 Å². The molecular weight excluding hydrogens is 674 g/mol. The van der Waals surface area contributed by atoms with E-state index in [1.54, 1.807) is 6.92 Å². The zero-order valence-electron chi connectivity index (χ0n) is 27.7. The number of primary amides is 1. The lowest BCUT2D eigenvalue weighted by molar-refractivity contribution is -0.147. The summed E-state index contributed by atoms with van der Waals surface area (Å²) in [6.07, 6.45) is -1.55. The Bertz CT molecular complexity index is 1650. The van der Waals surface area contributed by atoms with Crippen molar-refractivity contribution < 1.29 is 52.6 Å². The van der Waals surface area contributed by atoms with E-state index < -0.39 is 96.6 Å². The van der Waals surface area contributed by atoms with Crippen molar-refractivity contribution in [2.75, 3.05) is 46.0 Å². The van der Waals surface area contributed by atoms with Crippen molar-refractivity contribution in [3.8, 4) is 5.75 Å². The van der Waals surface area contributed by atoms with E-state index in [-0.39, 0.29) is 69.0 Å². The minimum absolute atomic E-state index is 0.00208. The molecule has 0 spiro atoms. The first-order valence-electron chi connectivity index (χ1n) is 16.3. The zero-order chi connectivity index (χ0) is 37.0. The molecule has 0 bridgehead atoms. The van der Waals surface area contributed by atoms with Gasteiger partial charge in [0.1, 0.15) is 18.3 Å². The van der Waals surface area contributed by atoms with Crippen LogP contribution in [0.25, 0.3) is 0 Å². The first-order chi connectivity index (χ1) is 24.3. The highest BCUT2D eigenvalue weighted by atomic mass is 16.5. The molecule has 51 heavy (non-hydrogen) atoms. The molecule has 0 aromatic heterocycles. The monoisotopic (exact) mass is 713 g/mol. The van der Waals surface area contributed by atoms with Crippen LogP contribution in [0.1, 0.15) is 46.9 Å². The second-order valence-electron chi connectivity index (χ2n) is 12.2. The lowest BCUT2D eigenvalue weighted by atomic mass is 9.82. The maximum absolute atomic E-state index is 13.2. The molecule has 0 radical (unpaired) electrons. The highest BCUT2D eigenvalue weighted by Gasteiger charge is 2.51. The second-order valence-corrected chi connectivity index (χ2v) is 12.2. The maximum atomic E-state index is 13.2. The molecule has 3 saturated heterocycles. The largest absolute Gasteiger partial charge is 0.483 e. The molecule has 5 atom stereocenters. The number of rotatable bonds is 14. The van der Waals surface area contributed by atoms with E-state index in [2.05, 4.69) is 21.3 Å². The summed E-state index contributed by atoms with van der Waals surface area (Å²) in [7, 11) is 0. The predicted octanol–water partition coefficient (Wildman–Crippen LogP) is -3.68. The third-order valence-electron chi connectivity index (χ3n) is 9.01. The Kier molecular flexibility index (Phi) is 11.3. The lowest BCUT2D eigenvalue weighted by Crippen LogP contribution is -2.73. The van der Waals surface area contributed by atoms with Crippen molar-refractivity contribution in [3.63, 3.8) is 0 Å². The summed E-state index contributed by atoms with van der Waals surface area (Å²) in [4.78, 5) is 116. The van der Waals surface area contributed by atoms with Gasteiger partial charge in [-0.05, 0) is 31.9 Å². The molecule has 4 aliphatic rings. The van der Waals surface area contributed by atoms with Gasteiger partial charge in [-0.15, -0.1) is 0 Å². The van der Waals surface area contributed by atoms with Crippen LogP contribution in [-0.4, -0.2) is 132 Å². The fraction of sp³-hybridized carbons (Fsp3) is 0.516. The Morgan fingerprint density at radius 3 is 2.37 bits per heavy atom. The van der Waals surface area contributed by atoms with Crippen LogP contribution in [0.4, 0.5) is 4.79 Å². The highest BCUT2D eigenvalue weighted by Crippen LogP contribution is 2.34. The molecule has 20 nitrogen and oxygen atoms in total. The quantitative estimate of drug-likeness (QED) is 0.0802. The number of carbonyl (C=O) groups is 9. The van der Waals surface area contributed by atoms with Gasteiger partial charge >= 0.3 is 6.03 Å². The number of hydrogen-bond acceptors (Lipinski definition) is 13. The van der Waals surface area contributed by atoms with Gasteiger partial charge in [-0.1, -0.05) is 6.07 Å². The smallest absolute Gasteiger partial charge is 0.328 e. The molecule has 8 N–H and O–H groups in total. The van der Waals surface area contributed by atoms with Crippen LogP contribution < -0.4 is 37.5 Å². The SMILES string of the molecule is CCN1C(=O)N(CC(=O)NCCOCCNC(=O)COc2cccc3c2C(=O)N(C2CCC(=O)NC2=O)C3=O)C(=O)C2CC(C(N)=O)C(N)NC21. The van der Waals surface area contributed by atoms with E-state index in [1.165, 1.54) is 23.1 Å². The van der Waals surface area contributed by atoms with Gasteiger partial charge in [-0.25, -0.2) is 4.79 Å². The first kappa shape index (κ1) is 36.8. The van der Waals surface area contributed by atoms with Crippen LogP contribution in [0.2, 0.25) is 0 Å². The number of hydrogen-bond donors (Lipinski definition) is 6. The van der Waals surface area contributed by atoms with Crippen molar-refractivity contribution in [2.45, 2.75) is 44.6 Å². The van der Waals surface area contributed by atoms with Gasteiger partial charge in [0.05, 0.1) is 48.5 Å². The maximum Gasteiger partial charge on any atom is 0.328 e. The van der Waals surface area contributed by atoms with Gasteiger partial charge in [0.15, 0.2) is 6.61 Å². The molecule has 3 fully saturated rings. The summed E-state index contributed by atoms with van der Waals surface area (Å²) < 4.78 is 11.0. The Balaban J connectivity index is 1.01. The molecule has 20 heteroatoms. The van der Waals surface area contributed by atoms with E-state index >= 15 is 0 Å². The molecule has 1 aromatic carbocycles.